The fourth-order valence-corrected chi connectivity index (χ4v) is 5.69. The van der Waals surface area contributed by atoms with Crippen molar-refractivity contribution in [2.75, 3.05) is 31.1 Å². The van der Waals surface area contributed by atoms with Gasteiger partial charge in [-0.1, -0.05) is 24.0 Å². The van der Waals surface area contributed by atoms with Crippen molar-refractivity contribution in [1.82, 2.24) is 9.47 Å². The van der Waals surface area contributed by atoms with Gasteiger partial charge in [0.2, 0.25) is 0 Å². The maximum absolute atomic E-state index is 13.1. The third-order valence-corrected chi connectivity index (χ3v) is 7.65. The second kappa shape index (κ2) is 11.7. The van der Waals surface area contributed by atoms with E-state index < -0.39 is 17.4 Å². The lowest BCUT2D eigenvalue weighted by molar-refractivity contribution is -0.148. The molecule has 0 radical (unpaired) electrons. The predicted octanol–water partition coefficient (Wildman–Crippen LogP) is 2.50. The molecule has 0 aliphatic carbocycles. The topological polar surface area (TPSA) is 133 Å². The SMILES string of the molecule is CCOC(=O)C1CCN(c2c(/C=C3/SC(=S)N(CCC(=O)O)C3=O)c(C)c(C#N)c(=O)n2CC)CC1. The summed E-state index contributed by atoms with van der Waals surface area (Å²) in [6.07, 6.45) is 2.49. The Morgan fingerprint density at radius 2 is 1.94 bits per heavy atom. The van der Waals surface area contributed by atoms with Gasteiger partial charge in [0, 0.05) is 31.7 Å². The first kappa shape index (κ1) is 27.4. The molecule has 1 aromatic heterocycles. The van der Waals surface area contributed by atoms with Crippen molar-refractivity contribution in [3.05, 3.63) is 31.9 Å². The van der Waals surface area contributed by atoms with Gasteiger partial charge in [-0.2, -0.15) is 5.26 Å². The average molecular weight is 533 g/mol. The number of pyridine rings is 1. The number of carboxylic acid groups (broad SMARTS) is 1. The van der Waals surface area contributed by atoms with Crippen molar-refractivity contribution in [3.8, 4) is 6.07 Å². The highest BCUT2D eigenvalue weighted by atomic mass is 32.2. The number of nitrogens with zero attached hydrogens (tertiary/aromatic N) is 4. The third kappa shape index (κ3) is 5.47. The summed E-state index contributed by atoms with van der Waals surface area (Å²) in [7, 11) is 0. The van der Waals surface area contributed by atoms with Crippen LogP contribution in [0, 0.1) is 24.2 Å². The molecule has 0 unspecified atom stereocenters. The number of amides is 1. The number of rotatable bonds is 8. The number of nitriles is 1. The van der Waals surface area contributed by atoms with Crippen LogP contribution in [0.5, 0.6) is 0 Å². The normalized spacial score (nSPS) is 17.6. The van der Waals surface area contributed by atoms with Crippen LogP contribution in [0.2, 0.25) is 0 Å². The van der Waals surface area contributed by atoms with Gasteiger partial charge in [0.05, 0.1) is 23.9 Å². The number of aromatic nitrogens is 1. The monoisotopic (exact) mass is 532 g/mol. The Kier molecular flexibility index (Phi) is 8.92. The summed E-state index contributed by atoms with van der Waals surface area (Å²) in [5, 5.41) is 18.7. The van der Waals surface area contributed by atoms with E-state index in [1.54, 1.807) is 19.9 Å². The van der Waals surface area contributed by atoms with Crippen molar-refractivity contribution >= 4 is 58.0 Å². The van der Waals surface area contributed by atoms with E-state index in [4.69, 9.17) is 22.1 Å². The van der Waals surface area contributed by atoms with Crippen LogP contribution in [0.4, 0.5) is 5.82 Å². The number of thiocarbonyl (C=S) groups is 1. The maximum atomic E-state index is 13.1. The number of piperidine rings is 1. The van der Waals surface area contributed by atoms with Crippen molar-refractivity contribution < 1.29 is 24.2 Å². The number of carboxylic acids is 1. The molecule has 1 N–H and O–H groups in total. The molecule has 192 valence electrons. The van der Waals surface area contributed by atoms with Crippen LogP contribution >= 0.6 is 24.0 Å². The number of thioether (sulfide) groups is 1. The largest absolute Gasteiger partial charge is 0.481 e. The maximum Gasteiger partial charge on any atom is 0.309 e. The number of carbonyl (C=O) groups is 3. The van der Waals surface area contributed by atoms with Crippen LogP contribution in [0.3, 0.4) is 0 Å². The van der Waals surface area contributed by atoms with Crippen molar-refractivity contribution in [3.63, 3.8) is 0 Å². The van der Waals surface area contributed by atoms with Crippen LogP contribution in [-0.2, 0) is 25.7 Å². The molecule has 0 aromatic carbocycles. The molecule has 2 aliphatic heterocycles. The number of ether oxygens (including phenoxy) is 1. The Hall–Kier alpha value is -3.17. The Morgan fingerprint density at radius 3 is 2.50 bits per heavy atom. The number of aliphatic carboxylic acids is 1. The molecular weight excluding hydrogens is 504 g/mol. The van der Waals surface area contributed by atoms with E-state index in [2.05, 4.69) is 0 Å². The van der Waals surface area contributed by atoms with Crippen LogP contribution in [0.15, 0.2) is 9.70 Å². The summed E-state index contributed by atoms with van der Waals surface area (Å²) >= 11 is 6.36. The van der Waals surface area contributed by atoms with Crippen LogP contribution in [-0.4, -0.2) is 63.0 Å². The molecule has 3 rings (SSSR count). The summed E-state index contributed by atoms with van der Waals surface area (Å²) in [5.41, 5.74) is 0.590. The van der Waals surface area contributed by atoms with Gasteiger partial charge in [-0.25, -0.2) is 0 Å². The zero-order valence-electron chi connectivity index (χ0n) is 20.4. The zero-order valence-corrected chi connectivity index (χ0v) is 22.0. The first-order valence-electron chi connectivity index (χ1n) is 11.7. The van der Waals surface area contributed by atoms with Crippen LogP contribution in [0.1, 0.15) is 49.8 Å². The Balaban J connectivity index is 2.06. The molecule has 2 saturated heterocycles. The van der Waals surface area contributed by atoms with Crippen LogP contribution < -0.4 is 10.5 Å². The summed E-state index contributed by atoms with van der Waals surface area (Å²) in [6.45, 7) is 6.82. The molecule has 3 heterocycles. The van der Waals surface area contributed by atoms with Gasteiger partial charge in [0.25, 0.3) is 11.5 Å². The van der Waals surface area contributed by atoms with Crippen molar-refractivity contribution in [2.45, 2.75) is 46.6 Å². The van der Waals surface area contributed by atoms with Gasteiger partial charge in [-0.05, 0) is 45.3 Å². The van der Waals surface area contributed by atoms with Gasteiger partial charge in [-0.15, -0.1) is 0 Å². The molecule has 1 aromatic rings. The second-order valence-electron chi connectivity index (χ2n) is 8.39. The molecule has 12 heteroatoms. The molecule has 0 atom stereocenters. The lowest BCUT2D eigenvalue weighted by Gasteiger charge is -2.35. The minimum absolute atomic E-state index is 0.00499. The van der Waals surface area contributed by atoms with Gasteiger partial charge >= 0.3 is 11.9 Å². The highest BCUT2D eigenvalue weighted by Crippen LogP contribution is 2.36. The first-order valence-corrected chi connectivity index (χ1v) is 12.9. The molecule has 36 heavy (non-hydrogen) atoms. The first-order chi connectivity index (χ1) is 17.1. The summed E-state index contributed by atoms with van der Waals surface area (Å²) in [5.74, 6) is -1.32. The molecule has 0 saturated carbocycles. The van der Waals surface area contributed by atoms with E-state index in [9.17, 15) is 24.4 Å². The van der Waals surface area contributed by atoms with Crippen molar-refractivity contribution in [1.29, 1.82) is 5.26 Å². The van der Waals surface area contributed by atoms with E-state index in [1.165, 1.54) is 9.47 Å². The Bertz CT molecular complexity index is 1220. The molecule has 10 nitrogen and oxygen atoms in total. The number of anilines is 1. The van der Waals surface area contributed by atoms with Gasteiger partial charge in [0.1, 0.15) is 21.8 Å². The summed E-state index contributed by atoms with van der Waals surface area (Å²) < 4.78 is 6.94. The minimum Gasteiger partial charge on any atom is -0.481 e. The van der Waals surface area contributed by atoms with E-state index in [0.29, 0.717) is 60.9 Å². The van der Waals surface area contributed by atoms with Crippen LogP contribution in [0.25, 0.3) is 6.08 Å². The van der Waals surface area contributed by atoms with Crippen molar-refractivity contribution in [2.24, 2.45) is 5.92 Å². The van der Waals surface area contributed by atoms with Gasteiger partial charge < -0.3 is 14.7 Å². The number of carbonyl (C=O) groups excluding carboxylic acids is 2. The molecule has 1 amide bonds. The smallest absolute Gasteiger partial charge is 0.309 e. The lowest BCUT2D eigenvalue weighted by Crippen LogP contribution is -2.41. The molecule has 0 bridgehead atoms. The standard InChI is InChI=1S/C24H28N4O6S2/c1-4-27-20(26-9-6-15(7-10-26)23(33)34-5-2)16(14(3)17(13-25)21(27)31)12-18-22(32)28(24(35)36-18)11-8-19(29)30/h12,15H,4-11H2,1-3H3,(H,29,30)/b18-12+. The highest BCUT2D eigenvalue weighted by Gasteiger charge is 2.34. The zero-order chi connectivity index (χ0) is 26.6. The number of hydrogen-bond donors (Lipinski definition) is 1. The Labute approximate surface area is 218 Å². The summed E-state index contributed by atoms with van der Waals surface area (Å²) in [6, 6.07) is 2.00. The lowest BCUT2D eigenvalue weighted by atomic mass is 9.95. The number of hydrogen-bond acceptors (Lipinski definition) is 9. The fourth-order valence-electron chi connectivity index (χ4n) is 4.40. The molecule has 0 spiro atoms. The quantitative estimate of drug-likeness (QED) is 0.302. The van der Waals surface area contributed by atoms with Gasteiger partial charge in [0.15, 0.2) is 0 Å². The molecular formula is C24H28N4O6S2. The second-order valence-corrected chi connectivity index (χ2v) is 10.1. The molecule has 2 fully saturated rings. The van der Waals surface area contributed by atoms with E-state index in [0.717, 1.165) is 11.8 Å². The summed E-state index contributed by atoms with van der Waals surface area (Å²) in [4.78, 5) is 52.9. The molecule has 2 aliphatic rings. The minimum atomic E-state index is -1.04. The van der Waals surface area contributed by atoms with Gasteiger partial charge in [-0.3, -0.25) is 28.6 Å². The number of esters is 1. The average Bonchev–Trinajstić information content (AvgIpc) is 3.11. The third-order valence-electron chi connectivity index (χ3n) is 6.28. The van der Waals surface area contributed by atoms with E-state index >= 15 is 0 Å². The Morgan fingerprint density at radius 1 is 1.28 bits per heavy atom. The fraction of sp³-hybridized carbons (Fsp3) is 0.500. The highest BCUT2D eigenvalue weighted by molar-refractivity contribution is 8.26. The predicted molar refractivity (Wildman–Crippen MR) is 140 cm³/mol. The van der Waals surface area contributed by atoms with E-state index in [1.807, 2.05) is 17.9 Å². The van der Waals surface area contributed by atoms with E-state index in [-0.39, 0.29) is 34.7 Å².